The topological polar surface area (TPSA) is 29.0 Å². The highest BCUT2D eigenvalue weighted by atomic mass is 35.5. The Kier molecular flexibility index (Phi) is 3.92. The van der Waals surface area contributed by atoms with Gasteiger partial charge in [-0.3, -0.25) is 4.98 Å². The molecule has 1 saturated heterocycles. The zero-order valence-electron chi connectivity index (χ0n) is 9.56. The van der Waals surface area contributed by atoms with E-state index < -0.39 is 0 Å². The highest BCUT2D eigenvalue weighted by molar-refractivity contribution is 8.00. The summed E-state index contributed by atoms with van der Waals surface area (Å²) >= 11 is 7.91. The first-order valence-corrected chi connectivity index (χ1v) is 6.93. The maximum absolute atomic E-state index is 5.86. The summed E-state index contributed by atoms with van der Waals surface area (Å²) < 4.78 is 0. The molecule has 5 heteroatoms. The van der Waals surface area contributed by atoms with E-state index in [2.05, 4.69) is 40.5 Å². The van der Waals surface area contributed by atoms with Gasteiger partial charge in [-0.05, 0) is 5.92 Å². The van der Waals surface area contributed by atoms with Crippen LogP contribution in [0.2, 0.25) is 5.15 Å². The Morgan fingerprint density at radius 3 is 3.00 bits per heavy atom. The molecule has 0 saturated carbocycles. The second-order valence-corrected chi connectivity index (χ2v) is 6.03. The highest BCUT2D eigenvalue weighted by Crippen LogP contribution is 2.27. The lowest BCUT2D eigenvalue weighted by Gasteiger charge is -2.34. The van der Waals surface area contributed by atoms with Crippen molar-refractivity contribution in [2.45, 2.75) is 19.1 Å². The Morgan fingerprint density at radius 2 is 2.31 bits per heavy atom. The van der Waals surface area contributed by atoms with Gasteiger partial charge in [-0.15, -0.1) is 0 Å². The molecule has 1 fully saturated rings. The molecule has 1 atom stereocenters. The lowest BCUT2D eigenvalue weighted by molar-refractivity contribution is 0.580. The van der Waals surface area contributed by atoms with Crippen molar-refractivity contribution in [2.24, 2.45) is 5.92 Å². The summed E-state index contributed by atoms with van der Waals surface area (Å²) in [6, 6.07) is 0. The van der Waals surface area contributed by atoms with E-state index in [9.17, 15) is 0 Å². The molecule has 2 rings (SSSR count). The van der Waals surface area contributed by atoms with Crippen molar-refractivity contribution < 1.29 is 0 Å². The molecule has 0 N–H and O–H groups in total. The Morgan fingerprint density at radius 1 is 1.50 bits per heavy atom. The van der Waals surface area contributed by atoms with E-state index in [0.717, 1.165) is 24.7 Å². The molecular weight excluding hydrogens is 242 g/mol. The van der Waals surface area contributed by atoms with Gasteiger partial charge >= 0.3 is 0 Å². The van der Waals surface area contributed by atoms with Crippen LogP contribution in [0.4, 0.5) is 5.82 Å². The van der Waals surface area contributed by atoms with Gasteiger partial charge in [0.05, 0.1) is 12.4 Å². The third-order valence-electron chi connectivity index (χ3n) is 2.75. The molecule has 1 aliphatic rings. The number of halogens is 1. The van der Waals surface area contributed by atoms with Crippen LogP contribution in [0, 0.1) is 5.92 Å². The van der Waals surface area contributed by atoms with Crippen LogP contribution in [0.1, 0.15) is 13.8 Å². The number of rotatable bonds is 2. The number of hydrogen-bond donors (Lipinski definition) is 0. The highest BCUT2D eigenvalue weighted by Gasteiger charge is 2.23. The summed E-state index contributed by atoms with van der Waals surface area (Å²) in [5, 5.41) is 1.14. The molecular formula is C11H16ClN3S. The van der Waals surface area contributed by atoms with Gasteiger partial charge in [-0.25, -0.2) is 4.98 Å². The maximum atomic E-state index is 5.86. The van der Waals surface area contributed by atoms with Crippen molar-refractivity contribution in [2.75, 3.05) is 23.7 Å². The molecule has 0 amide bonds. The van der Waals surface area contributed by atoms with E-state index in [1.807, 2.05) is 0 Å². The van der Waals surface area contributed by atoms with Crippen LogP contribution in [0.25, 0.3) is 0 Å². The number of hydrogen-bond acceptors (Lipinski definition) is 4. The Hall–Kier alpha value is -0.480. The lowest BCUT2D eigenvalue weighted by Crippen LogP contribution is -2.40. The number of aromatic nitrogens is 2. The fourth-order valence-electron chi connectivity index (χ4n) is 1.77. The molecule has 1 aliphatic heterocycles. The van der Waals surface area contributed by atoms with Gasteiger partial charge in [0.2, 0.25) is 0 Å². The minimum absolute atomic E-state index is 0.469. The molecule has 1 aromatic rings. The summed E-state index contributed by atoms with van der Waals surface area (Å²) in [5.74, 6) is 2.75. The average molecular weight is 258 g/mol. The second-order valence-electron chi connectivity index (χ2n) is 4.30. The summed E-state index contributed by atoms with van der Waals surface area (Å²) in [4.78, 5) is 10.7. The van der Waals surface area contributed by atoms with Crippen molar-refractivity contribution in [3.05, 3.63) is 17.5 Å². The van der Waals surface area contributed by atoms with E-state index >= 15 is 0 Å². The van der Waals surface area contributed by atoms with Crippen LogP contribution >= 0.6 is 23.4 Å². The number of thioether (sulfide) groups is 1. The third kappa shape index (κ3) is 2.80. The molecule has 0 aromatic carbocycles. The number of nitrogens with zero attached hydrogens (tertiary/aromatic N) is 3. The molecule has 16 heavy (non-hydrogen) atoms. The SMILES string of the molecule is CC(C)[C@H]1CN(c2cncc(Cl)n2)CCS1. The normalized spacial score (nSPS) is 21.5. The number of anilines is 1. The van der Waals surface area contributed by atoms with Crippen LogP contribution in [-0.2, 0) is 0 Å². The molecule has 0 unspecified atom stereocenters. The van der Waals surface area contributed by atoms with Gasteiger partial charge in [-0.1, -0.05) is 25.4 Å². The van der Waals surface area contributed by atoms with Gasteiger partial charge < -0.3 is 4.90 Å². The van der Waals surface area contributed by atoms with E-state index in [1.165, 1.54) is 0 Å². The predicted molar refractivity (Wildman–Crippen MR) is 70.3 cm³/mol. The Balaban J connectivity index is 2.09. The Bertz CT molecular complexity index is 359. The fourth-order valence-corrected chi connectivity index (χ4v) is 3.21. The minimum Gasteiger partial charge on any atom is -0.353 e. The minimum atomic E-state index is 0.469. The van der Waals surface area contributed by atoms with Crippen LogP contribution in [0.15, 0.2) is 12.4 Å². The quantitative estimate of drug-likeness (QED) is 0.815. The zero-order valence-corrected chi connectivity index (χ0v) is 11.1. The largest absolute Gasteiger partial charge is 0.353 e. The van der Waals surface area contributed by atoms with Crippen molar-refractivity contribution in [1.82, 2.24) is 9.97 Å². The zero-order chi connectivity index (χ0) is 11.5. The van der Waals surface area contributed by atoms with Gasteiger partial charge in [0.1, 0.15) is 11.0 Å². The molecule has 0 bridgehead atoms. The second kappa shape index (κ2) is 5.23. The Labute approximate surface area is 106 Å². The molecule has 0 radical (unpaired) electrons. The van der Waals surface area contributed by atoms with Crippen LogP contribution in [0.3, 0.4) is 0 Å². The molecule has 3 nitrogen and oxygen atoms in total. The van der Waals surface area contributed by atoms with E-state index in [-0.39, 0.29) is 0 Å². The van der Waals surface area contributed by atoms with Gasteiger partial charge in [0, 0.05) is 24.1 Å². The summed E-state index contributed by atoms with van der Waals surface area (Å²) in [5.41, 5.74) is 0. The predicted octanol–water partition coefficient (Wildman–Crippen LogP) is 2.71. The fraction of sp³-hybridized carbons (Fsp3) is 0.636. The first kappa shape index (κ1) is 12.0. The van der Waals surface area contributed by atoms with Crippen LogP contribution < -0.4 is 4.90 Å². The van der Waals surface area contributed by atoms with Gasteiger partial charge in [-0.2, -0.15) is 11.8 Å². The molecule has 0 spiro atoms. The molecule has 1 aromatic heterocycles. The first-order valence-electron chi connectivity index (χ1n) is 5.51. The lowest BCUT2D eigenvalue weighted by atomic mass is 10.1. The van der Waals surface area contributed by atoms with Gasteiger partial charge in [0.25, 0.3) is 0 Å². The van der Waals surface area contributed by atoms with Crippen molar-refractivity contribution in [3.63, 3.8) is 0 Å². The maximum Gasteiger partial charge on any atom is 0.149 e. The van der Waals surface area contributed by atoms with Crippen molar-refractivity contribution in [1.29, 1.82) is 0 Å². The summed E-state index contributed by atoms with van der Waals surface area (Å²) in [6.45, 7) is 6.61. The standard InChI is InChI=1S/C11H16ClN3S/c1-8(2)9-7-15(3-4-16-9)11-6-13-5-10(12)14-11/h5-6,8-9H,3-4,7H2,1-2H3/t9-/m1/s1. The van der Waals surface area contributed by atoms with Crippen LogP contribution in [0.5, 0.6) is 0 Å². The smallest absolute Gasteiger partial charge is 0.149 e. The molecule has 88 valence electrons. The third-order valence-corrected chi connectivity index (χ3v) is 4.48. The monoisotopic (exact) mass is 257 g/mol. The molecule has 0 aliphatic carbocycles. The van der Waals surface area contributed by atoms with Crippen LogP contribution in [-0.4, -0.2) is 34.1 Å². The van der Waals surface area contributed by atoms with Crippen molar-refractivity contribution >= 4 is 29.2 Å². The van der Waals surface area contributed by atoms with E-state index in [4.69, 9.17) is 11.6 Å². The molecule has 2 heterocycles. The average Bonchev–Trinajstić information content (AvgIpc) is 2.29. The summed E-state index contributed by atoms with van der Waals surface area (Å²) in [7, 11) is 0. The van der Waals surface area contributed by atoms with E-state index in [1.54, 1.807) is 12.4 Å². The van der Waals surface area contributed by atoms with Gasteiger partial charge in [0.15, 0.2) is 0 Å². The van der Waals surface area contributed by atoms with Crippen molar-refractivity contribution in [3.8, 4) is 0 Å². The van der Waals surface area contributed by atoms with E-state index in [0.29, 0.717) is 16.3 Å². The first-order chi connectivity index (χ1) is 7.66. The summed E-state index contributed by atoms with van der Waals surface area (Å²) in [6.07, 6.45) is 3.36.